The second kappa shape index (κ2) is 9.56. The zero-order valence-corrected chi connectivity index (χ0v) is 17.0. The molecule has 2 heterocycles. The molecule has 2 aromatic carbocycles. The first-order valence-corrected chi connectivity index (χ1v) is 9.92. The standard InChI is InChI=1S/C21H20F2N4.C2H6/c1-27-9-7-14(8-10-27)15-5-6-19-17(11-15)20(13-25-26-19)24-12-16-3-2-4-18(22)21(16)23;1-2/h2-7,11,13H,8-10,12H2,1H3,(H,24,26);1-2H3. The normalized spacial score (nSPS) is 14.2. The Labute approximate surface area is 170 Å². The van der Waals surface area contributed by atoms with Crippen molar-refractivity contribution in [2.24, 2.45) is 0 Å². The molecule has 0 radical (unpaired) electrons. The Morgan fingerprint density at radius 3 is 2.72 bits per heavy atom. The predicted octanol–water partition coefficient (Wildman–Crippen LogP) is 5.27. The SMILES string of the molecule is CC.CN1CC=C(c2ccc3nncc(NCc4cccc(F)c4F)c3c2)CC1. The van der Waals surface area contributed by atoms with E-state index in [4.69, 9.17) is 0 Å². The summed E-state index contributed by atoms with van der Waals surface area (Å²) in [5.41, 5.74) is 4.25. The van der Waals surface area contributed by atoms with Gasteiger partial charge in [0.25, 0.3) is 0 Å². The second-order valence-corrected chi connectivity index (χ2v) is 6.80. The lowest BCUT2D eigenvalue weighted by atomic mass is 9.98. The monoisotopic (exact) mass is 396 g/mol. The van der Waals surface area contributed by atoms with Crippen LogP contribution in [0.1, 0.15) is 31.4 Å². The fraction of sp³-hybridized carbons (Fsp3) is 0.304. The molecule has 0 saturated heterocycles. The molecule has 0 fully saturated rings. The number of rotatable bonds is 4. The molecule has 1 N–H and O–H groups in total. The second-order valence-electron chi connectivity index (χ2n) is 6.80. The maximum absolute atomic E-state index is 13.9. The molecule has 0 unspecified atom stereocenters. The van der Waals surface area contributed by atoms with Gasteiger partial charge >= 0.3 is 0 Å². The molecule has 0 amide bonds. The molecule has 1 aliphatic heterocycles. The van der Waals surface area contributed by atoms with Gasteiger partial charge in [-0.3, -0.25) is 0 Å². The summed E-state index contributed by atoms with van der Waals surface area (Å²) in [7, 11) is 2.11. The third kappa shape index (κ3) is 4.77. The van der Waals surface area contributed by atoms with Crippen LogP contribution in [-0.2, 0) is 6.54 Å². The molecule has 4 nitrogen and oxygen atoms in total. The maximum atomic E-state index is 13.9. The highest BCUT2D eigenvalue weighted by molar-refractivity contribution is 5.92. The molecule has 3 aromatic rings. The van der Waals surface area contributed by atoms with Gasteiger partial charge in [-0.1, -0.05) is 38.1 Å². The van der Waals surface area contributed by atoms with Crippen LogP contribution in [0.5, 0.6) is 0 Å². The van der Waals surface area contributed by atoms with Crippen LogP contribution in [-0.4, -0.2) is 35.2 Å². The van der Waals surface area contributed by atoms with Gasteiger partial charge in [0.15, 0.2) is 11.6 Å². The average molecular weight is 396 g/mol. The summed E-state index contributed by atoms with van der Waals surface area (Å²) in [6.45, 7) is 6.14. The molecule has 1 aliphatic rings. The summed E-state index contributed by atoms with van der Waals surface area (Å²) in [5.74, 6) is -1.67. The topological polar surface area (TPSA) is 41.1 Å². The summed E-state index contributed by atoms with van der Waals surface area (Å²) < 4.78 is 27.3. The molecule has 0 bridgehead atoms. The van der Waals surface area contributed by atoms with Crippen molar-refractivity contribution in [2.75, 3.05) is 25.5 Å². The molecule has 0 aliphatic carbocycles. The van der Waals surface area contributed by atoms with Gasteiger partial charge in [-0.25, -0.2) is 8.78 Å². The van der Waals surface area contributed by atoms with Crippen LogP contribution in [0, 0.1) is 11.6 Å². The van der Waals surface area contributed by atoms with Gasteiger partial charge in [-0.05, 0) is 42.8 Å². The Hall–Kier alpha value is -2.86. The van der Waals surface area contributed by atoms with E-state index in [0.717, 1.165) is 47.7 Å². The number of likely N-dealkylation sites (N-methyl/N-ethyl adjacent to an activating group) is 1. The Morgan fingerprint density at radius 2 is 1.97 bits per heavy atom. The fourth-order valence-corrected chi connectivity index (χ4v) is 3.31. The van der Waals surface area contributed by atoms with Crippen LogP contribution in [0.25, 0.3) is 16.5 Å². The van der Waals surface area contributed by atoms with Gasteiger partial charge in [0.1, 0.15) is 0 Å². The summed E-state index contributed by atoms with van der Waals surface area (Å²) >= 11 is 0. The highest BCUT2D eigenvalue weighted by atomic mass is 19.2. The van der Waals surface area contributed by atoms with E-state index in [2.05, 4.69) is 45.7 Å². The lowest BCUT2D eigenvalue weighted by Gasteiger charge is -2.22. The Bertz CT molecular complexity index is 1020. The number of hydrogen-bond donors (Lipinski definition) is 1. The van der Waals surface area contributed by atoms with Crippen molar-refractivity contribution in [2.45, 2.75) is 26.8 Å². The first-order chi connectivity index (χ1) is 14.1. The smallest absolute Gasteiger partial charge is 0.163 e. The summed E-state index contributed by atoms with van der Waals surface area (Å²) in [4.78, 5) is 2.27. The predicted molar refractivity (Wildman–Crippen MR) is 115 cm³/mol. The lowest BCUT2D eigenvalue weighted by molar-refractivity contribution is 0.370. The van der Waals surface area contributed by atoms with E-state index in [1.807, 2.05) is 19.9 Å². The van der Waals surface area contributed by atoms with Crippen LogP contribution in [0.15, 0.2) is 48.7 Å². The molecular weight excluding hydrogens is 370 g/mol. The maximum Gasteiger partial charge on any atom is 0.163 e. The molecular formula is C23H26F2N4. The number of hydrogen-bond acceptors (Lipinski definition) is 4. The number of nitrogens with one attached hydrogen (secondary N) is 1. The van der Waals surface area contributed by atoms with Crippen molar-refractivity contribution in [3.63, 3.8) is 0 Å². The average Bonchev–Trinajstić information content (AvgIpc) is 2.76. The van der Waals surface area contributed by atoms with Gasteiger partial charge in [-0.2, -0.15) is 10.2 Å². The van der Waals surface area contributed by atoms with E-state index in [1.54, 1.807) is 12.3 Å². The Morgan fingerprint density at radius 1 is 1.14 bits per heavy atom. The molecule has 152 valence electrons. The van der Waals surface area contributed by atoms with Crippen LogP contribution < -0.4 is 5.32 Å². The molecule has 0 saturated carbocycles. The number of fused-ring (bicyclic) bond motifs is 1. The number of halogens is 2. The van der Waals surface area contributed by atoms with Gasteiger partial charge in [-0.15, -0.1) is 0 Å². The van der Waals surface area contributed by atoms with Crippen molar-refractivity contribution >= 4 is 22.2 Å². The van der Waals surface area contributed by atoms with Crippen molar-refractivity contribution in [1.82, 2.24) is 15.1 Å². The largest absolute Gasteiger partial charge is 0.379 e. The van der Waals surface area contributed by atoms with Gasteiger partial charge in [0.2, 0.25) is 0 Å². The van der Waals surface area contributed by atoms with E-state index in [9.17, 15) is 8.78 Å². The molecule has 0 atom stereocenters. The number of benzene rings is 2. The van der Waals surface area contributed by atoms with E-state index >= 15 is 0 Å². The van der Waals surface area contributed by atoms with E-state index < -0.39 is 11.6 Å². The highest BCUT2D eigenvalue weighted by Crippen LogP contribution is 2.28. The quantitative estimate of drug-likeness (QED) is 0.653. The number of aromatic nitrogens is 2. The molecule has 6 heteroatoms. The zero-order chi connectivity index (χ0) is 20.8. The van der Waals surface area contributed by atoms with Gasteiger partial charge in [0, 0.05) is 30.6 Å². The van der Waals surface area contributed by atoms with Crippen LogP contribution in [0.3, 0.4) is 0 Å². The zero-order valence-electron chi connectivity index (χ0n) is 17.0. The van der Waals surface area contributed by atoms with Crippen molar-refractivity contribution < 1.29 is 8.78 Å². The van der Waals surface area contributed by atoms with E-state index in [-0.39, 0.29) is 12.1 Å². The van der Waals surface area contributed by atoms with Gasteiger partial charge in [0.05, 0.1) is 17.4 Å². The summed E-state index contributed by atoms with van der Waals surface area (Å²) in [5, 5.41) is 12.3. The van der Waals surface area contributed by atoms with E-state index in [1.165, 1.54) is 11.6 Å². The summed E-state index contributed by atoms with van der Waals surface area (Å²) in [6, 6.07) is 10.3. The van der Waals surface area contributed by atoms with Gasteiger partial charge < -0.3 is 10.2 Å². The lowest BCUT2D eigenvalue weighted by Crippen LogP contribution is -2.23. The summed E-state index contributed by atoms with van der Waals surface area (Å²) in [6.07, 6.45) is 4.86. The van der Waals surface area contributed by atoms with Crippen molar-refractivity contribution in [1.29, 1.82) is 0 Å². The van der Waals surface area contributed by atoms with Crippen LogP contribution in [0.2, 0.25) is 0 Å². The van der Waals surface area contributed by atoms with E-state index in [0.29, 0.717) is 0 Å². The molecule has 1 aromatic heterocycles. The number of nitrogens with zero attached hydrogens (tertiary/aromatic N) is 3. The molecule has 4 rings (SSSR count). The minimum Gasteiger partial charge on any atom is -0.379 e. The third-order valence-electron chi connectivity index (χ3n) is 4.92. The van der Waals surface area contributed by atoms with Crippen molar-refractivity contribution in [3.8, 4) is 0 Å². The minimum absolute atomic E-state index is 0.169. The Kier molecular flexibility index (Phi) is 6.88. The Balaban J connectivity index is 0.00000117. The third-order valence-corrected chi connectivity index (χ3v) is 4.92. The highest BCUT2D eigenvalue weighted by Gasteiger charge is 2.12. The van der Waals surface area contributed by atoms with Crippen molar-refractivity contribution in [3.05, 3.63) is 71.4 Å². The fourth-order valence-electron chi connectivity index (χ4n) is 3.31. The van der Waals surface area contributed by atoms with Crippen LogP contribution >= 0.6 is 0 Å². The number of anilines is 1. The molecule has 29 heavy (non-hydrogen) atoms. The first-order valence-electron chi connectivity index (χ1n) is 9.92. The first kappa shape index (κ1) is 20.9. The molecule has 0 spiro atoms. The van der Waals surface area contributed by atoms with Crippen LogP contribution in [0.4, 0.5) is 14.5 Å². The minimum atomic E-state index is -0.844.